The maximum absolute atomic E-state index is 11.7. The molecule has 0 aliphatic heterocycles. The number of alkyl halides is 1. The first-order valence-electron chi connectivity index (χ1n) is 5.34. The molecule has 5 heteroatoms. The van der Waals surface area contributed by atoms with E-state index in [0.29, 0.717) is 18.8 Å². The van der Waals surface area contributed by atoms with Crippen LogP contribution in [0.5, 0.6) is 0 Å². The van der Waals surface area contributed by atoms with Crippen LogP contribution in [0.25, 0.3) is 0 Å². The maximum Gasteiger partial charge on any atom is 0.222 e. The number of hydrogen-bond donors (Lipinski definition) is 0. The van der Waals surface area contributed by atoms with E-state index in [2.05, 4.69) is 4.98 Å². The number of aryl methyl sites for hydroxylation is 1. The molecule has 0 aromatic carbocycles. The standard InChI is InChI=1S/C11H17ClN2OS/c1-9-13-10(8-16-9)7-14(2)11(15)5-3-4-6-12/h8H,3-7H2,1-2H3. The molecule has 0 N–H and O–H groups in total. The van der Waals surface area contributed by atoms with E-state index in [1.165, 1.54) is 0 Å². The predicted molar refractivity (Wildman–Crippen MR) is 67.9 cm³/mol. The van der Waals surface area contributed by atoms with Gasteiger partial charge < -0.3 is 4.90 Å². The van der Waals surface area contributed by atoms with Gasteiger partial charge >= 0.3 is 0 Å². The highest BCUT2D eigenvalue weighted by Crippen LogP contribution is 2.10. The number of carbonyl (C=O) groups is 1. The second-order valence-electron chi connectivity index (χ2n) is 3.75. The highest BCUT2D eigenvalue weighted by molar-refractivity contribution is 7.09. The SMILES string of the molecule is Cc1nc(CN(C)C(=O)CCCCCl)cs1. The summed E-state index contributed by atoms with van der Waals surface area (Å²) in [6.07, 6.45) is 2.34. The van der Waals surface area contributed by atoms with Crippen LogP contribution in [0.1, 0.15) is 30.0 Å². The molecule has 3 nitrogen and oxygen atoms in total. The molecule has 1 amide bonds. The summed E-state index contributed by atoms with van der Waals surface area (Å²) in [6.45, 7) is 2.57. The van der Waals surface area contributed by atoms with Gasteiger partial charge in [0.15, 0.2) is 0 Å². The summed E-state index contributed by atoms with van der Waals surface area (Å²) in [7, 11) is 1.82. The van der Waals surface area contributed by atoms with Crippen LogP contribution in [0.4, 0.5) is 0 Å². The number of rotatable bonds is 6. The van der Waals surface area contributed by atoms with Crippen molar-refractivity contribution in [2.75, 3.05) is 12.9 Å². The first-order chi connectivity index (χ1) is 7.63. The summed E-state index contributed by atoms with van der Waals surface area (Å²) in [5.74, 6) is 0.790. The lowest BCUT2D eigenvalue weighted by molar-refractivity contribution is -0.130. The van der Waals surface area contributed by atoms with Crippen LogP contribution in [0.15, 0.2) is 5.38 Å². The Kier molecular flexibility index (Phi) is 5.77. The van der Waals surface area contributed by atoms with Crippen LogP contribution in [0.2, 0.25) is 0 Å². The summed E-state index contributed by atoms with van der Waals surface area (Å²) in [5, 5.41) is 3.04. The molecule has 16 heavy (non-hydrogen) atoms. The molecule has 0 spiro atoms. The molecular weight excluding hydrogens is 244 g/mol. The minimum absolute atomic E-state index is 0.163. The number of nitrogens with zero attached hydrogens (tertiary/aromatic N) is 2. The van der Waals surface area contributed by atoms with Crippen LogP contribution in [0, 0.1) is 6.92 Å². The van der Waals surface area contributed by atoms with Crippen LogP contribution >= 0.6 is 22.9 Å². The molecule has 0 bridgehead atoms. The third kappa shape index (κ3) is 4.49. The van der Waals surface area contributed by atoms with Crippen LogP contribution in [-0.4, -0.2) is 28.7 Å². The van der Waals surface area contributed by atoms with Gasteiger partial charge in [0, 0.05) is 24.7 Å². The third-order valence-corrected chi connectivity index (χ3v) is 3.36. The molecule has 1 heterocycles. The zero-order chi connectivity index (χ0) is 12.0. The Labute approximate surface area is 105 Å². The van der Waals surface area contributed by atoms with E-state index in [0.717, 1.165) is 23.5 Å². The van der Waals surface area contributed by atoms with Crippen molar-refractivity contribution >= 4 is 28.8 Å². The average molecular weight is 261 g/mol. The summed E-state index contributed by atoms with van der Waals surface area (Å²) in [5.41, 5.74) is 0.968. The topological polar surface area (TPSA) is 33.2 Å². The molecule has 0 unspecified atom stereocenters. The lowest BCUT2D eigenvalue weighted by atomic mass is 10.2. The van der Waals surface area contributed by atoms with Gasteiger partial charge in [-0.05, 0) is 19.8 Å². The molecule has 0 atom stereocenters. The highest BCUT2D eigenvalue weighted by Gasteiger charge is 2.10. The molecule has 0 radical (unpaired) electrons. The zero-order valence-corrected chi connectivity index (χ0v) is 11.3. The minimum Gasteiger partial charge on any atom is -0.340 e. The summed E-state index contributed by atoms with van der Waals surface area (Å²) >= 11 is 7.18. The van der Waals surface area contributed by atoms with E-state index in [9.17, 15) is 4.79 Å². The van der Waals surface area contributed by atoms with Crippen molar-refractivity contribution in [2.24, 2.45) is 0 Å². The van der Waals surface area contributed by atoms with Crippen molar-refractivity contribution in [3.8, 4) is 0 Å². The second kappa shape index (κ2) is 6.86. The molecule has 1 rings (SSSR count). The fraction of sp³-hybridized carbons (Fsp3) is 0.636. The van der Waals surface area contributed by atoms with Gasteiger partial charge in [0.25, 0.3) is 0 Å². The van der Waals surface area contributed by atoms with E-state index < -0.39 is 0 Å². The van der Waals surface area contributed by atoms with Gasteiger partial charge in [-0.1, -0.05) is 0 Å². The smallest absolute Gasteiger partial charge is 0.222 e. The quantitative estimate of drug-likeness (QED) is 0.582. The number of aromatic nitrogens is 1. The Balaban J connectivity index is 2.34. The van der Waals surface area contributed by atoms with E-state index in [4.69, 9.17) is 11.6 Å². The zero-order valence-electron chi connectivity index (χ0n) is 9.70. The fourth-order valence-corrected chi connectivity index (χ4v) is 2.17. The first-order valence-corrected chi connectivity index (χ1v) is 6.76. The van der Waals surface area contributed by atoms with Gasteiger partial charge in [-0.2, -0.15) is 0 Å². The van der Waals surface area contributed by atoms with Crippen molar-refractivity contribution in [1.82, 2.24) is 9.88 Å². The molecule has 0 fully saturated rings. The molecular formula is C11H17ClN2OS. The van der Waals surface area contributed by atoms with Crippen LogP contribution < -0.4 is 0 Å². The Bertz CT molecular complexity index is 340. The maximum atomic E-state index is 11.7. The molecule has 0 aliphatic rings. The van der Waals surface area contributed by atoms with Crippen LogP contribution in [0.3, 0.4) is 0 Å². The van der Waals surface area contributed by atoms with E-state index >= 15 is 0 Å². The Morgan fingerprint density at radius 3 is 2.88 bits per heavy atom. The van der Waals surface area contributed by atoms with Crippen molar-refractivity contribution < 1.29 is 4.79 Å². The van der Waals surface area contributed by atoms with Crippen LogP contribution in [-0.2, 0) is 11.3 Å². The Morgan fingerprint density at radius 1 is 1.56 bits per heavy atom. The molecule has 0 saturated carbocycles. The molecule has 1 aromatic heterocycles. The molecule has 90 valence electrons. The minimum atomic E-state index is 0.163. The second-order valence-corrected chi connectivity index (χ2v) is 5.19. The van der Waals surface area contributed by atoms with Crippen molar-refractivity contribution in [1.29, 1.82) is 0 Å². The number of halogens is 1. The van der Waals surface area contributed by atoms with Gasteiger partial charge in [0.1, 0.15) is 0 Å². The Hall–Kier alpha value is -0.610. The van der Waals surface area contributed by atoms with Crippen molar-refractivity contribution in [2.45, 2.75) is 32.7 Å². The normalized spacial score (nSPS) is 10.4. The van der Waals surface area contributed by atoms with E-state index in [1.807, 2.05) is 19.4 Å². The molecule has 0 aliphatic carbocycles. The first kappa shape index (κ1) is 13.5. The van der Waals surface area contributed by atoms with E-state index in [-0.39, 0.29) is 5.91 Å². The van der Waals surface area contributed by atoms with E-state index in [1.54, 1.807) is 16.2 Å². The lowest BCUT2D eigenvalue weighted by Gasteiger charge is -2.15. The number of carbonyl (C=O) groups excluding carboxylic acids is 1. The molecule has 0 saturated heterocycles. The van der Waals surface area contributed by atoms with Gasteiger partial charge in [0.2, 0.25) is 5.91 Å². The lowest BCUT2D eigenvalue weighted by Crippen LogP contribution is -2.26. The van der Waals surface area contributed by atoms with Gasteiger partial charge in [-0.3, -0.25) is 4.79 Å². The Morgan fingerprint density at radius 2 is 2.31 bits per heavy atom. The van der Waals surface area contributed by atoms with Gasteiger partial charge in [-0.15, -0.1) is 22.9 Å². The van der Waals surface area contributed by atoms with Gasteiger partial charge in [0.05, 0.1) is 17.2 Å². The average Bonchev–Trinajstić information content (AvgIpc) is 2.64. The number of hydrogen-bond acceptors (Lipinski definition) is 3. The summed E-state index contributed by atoms with van der Waals surface area (Å²) < 4.78 is 0. The largest absolute Gasteiger partial charge is 0.340 e. The fourth-order valence-electron chi connectivity index (χ4n) is 1.37. The number of amides is 1. The van der Waals surface area contributed by atoms with Gasteiger partial charge in [-0.25, -0.2) is 4.98 Å². The third-order valence-electron chi connectivity index (χ3n) is 2.27. The van der Waals surface area contributed by atoms with Crippen molar-refractivity contribution in [3.05, 3.63) is 16.1 Å². The number of thiazole rings is 1. The van der Waals surface area contributed by atoms with Crippen molar-refractivity contribution in [3.63, 3.8) is 0 Å². The summed E-state index contributed by atoms with van der Waals surface area (Å²) in [6, 6.07) is 0. The molecule has 1 aromatic rings. The summed E-state index contributed by atoms with van der Waals surface area (Å²) in [4.78, 5) is 17.7. The predicted octanol–water partition coefficient (Wildman–Crippen LogP) is 2.82. The highest BCUT2D eigenvalue weighted by atomic mass is 35.5. The monoisotopic (exact) mass is 260 g/mol. The number of unbranched alkanes of at least 4 members (excludes halogenated alkanes) is 1.